The van der Waals surface area contributed by atoms with Gasteiger partial charge in [-0.25, -0.2) is 14.4 Å². The molecule has 0 atom stereocenters. The number of halogens is 1. The van der Waals surface area contributed by atoms with Crippen LogP contribution in [0.25, 0.3) is 22.6 Å². The number of hydrogen-bond acceptors (Lipinski definition) is 3. The third-order valence-electron chi connectivity index (χ3n) is 4.88. The molecule has 1 aliphatic heterocycles. The van der Waals surface area contributed by atoms with Crippen LogP contribution < -0.4 is 4.90 Å². The topological polar surface area (TPSA) is 44.8 Å². The maximum Gasteiger partial charge on any atom is 0.157 e. The third kappa shape index (κ3) is 2.62. The van der Waals surface area contributed by atoms with Crippen molar-refractivity contribution in [3.8, 4) is 11.5 Å². The summed E-state index contributed by atoms with van der Waals surface area (Å²) in [5.41, 5.74) is 4.95. The Bertz CT molecular complexity index is 1100. The van der Waals surface area contributed by atoms with Crippen molar-refractivity contribution in [2.75, 3.05) is 11.4 Å². The van der Waals surface area contributed by atoms with Crippen molar-refractivity contribution in [3.05, 3.63) is 77.6 Å². The summed E-state index contributed by atoms with van der Waals surface area (Å²) in [6.45, 7) is 1.80. The number of aromatic amines is 1. The molecule has 128 valence electrons. The molecule has 4 nitrogen and oxygen atoms in total. The van der Waals surface area contributed by atoms with Crippen molar-refractivity contribution < 1.29 is 4.39 Å². The molecule has 0 spiro atoms. The van der Waals surface area contributed by atoms with E-state index >= 15 is 0 Å². The number of imidazole rings is 1. The molecular weight excluding hydrogens is 327 g/mol. The highest BCUT2D eigenvalue weighted by Gasteiger charge is 2.18. The first-order valence-electron chi connectivity index (χ1n) is 8.71. The normalized spacial score (nSPS) is 13.8. The molecule has 5 rings (SSSR count). The van der Waals surface area contributed by atoms with Gasteiger partial charge in [-0.1, -0.05) is 30.3 Å². The van der Waals surface area contributed by atoms with Crippen molar-refractivity contribution in [2.24, 2.45) is 0 Å². The number of rotatable bonds is 2. The van der Waals surface area contributed by atoms with Crippen LogP contribution in [0, 0.1) is 5.82 Å². The number of fused-ring (bicyclic) bond motifs is 2. The van der Waals surface area contributed by atoms with E-state index in [1.807, 2.05) is 18.2 Å². The fourth-order valence-electron chi connectivity index (χ4n) is 3.53. The predicted octanol–water partition coefficient (Wildman–Crippen LogP) is 4.33. The Labute approximate surface area is 150 Å². The number of H-pyrrole nitrogens is 1. The van der Waals surface area contributed by atoms with Gasteiger partial charge in [-0.15, -0.1) is 0 Å². The van der Waals surface area contributed by atoms with Gasteiger partial charge in [-0.05, 0) is 47.9 Å². The molecule has 0 amide bonds. The summed E-state index contributed by atoms with van der Waals surface area (Å²) in [7, 11) is 0. The van der Waals surface area contributed by atoms with Crippen LogP contribution >= 0.6 is 0 Å². The standard InChI is InChI=1S/C21H17FN4/c22-16-8-9-17-19(12-16)25-21(24-17)18-6-3-7-20(23-18)26-11-10-14-4-1-2-5-15(14)13-26/h1-9,12H,10-11,13H2,(H,24,25). The number of nitrogens with one attached hydrogen (secondary N) is 1. The third-order valence-corrected chi connectivity index (χ3v) is 4.88. The maximum atomic E-state index is 13.4. The molecule has 1 N–H and O–H groups in total. The van der Waals surface area contributed by atoms with Gasteiger partial charge in [0.25, 0.3) is 0 Å². The van der Waals surface area contributed by atoms with Crippen LogP contribution in [0.3, 0.4) is 0 Å². The van der Waals surface area contributed by atoms with Crippen LogP contribution in [-0.2, 0) is 13.0 Å². The molecule has 0 fully saturated rings. The van der Waals surface area contributed by atoms with E-state index in [9.17, 15) is 4.39 Å². The number of aromatic nitrogens is 3. The summed E-state index contributed by atoms with van der Waals surface area (Å²) >= 11 is 0. The lowest BCUT2D eigenvalue weighted by molar-refractivity contribution is 0.629. The zero-order chi connectivity index (χ0) is 17.5. The second-order valence-corrected chi connectivity index (χ2v) is 6.57. The molecule has 0 radical (unpaired) electrons. The van der Waals surface area contributed by atoms with Gasteiger partial charge in [-0.2, -0.15) is 0 Å². The average molecular weight is 344 g/mol. The lowest BCUT2D eigenvalue weighted by Crippen LogP contribution is -2.30. The van der Waals surface area contributed by atoms with E-state index in [0.717, 1.165) is 36.5 Å². The number of anilines is 1. The first kappa shape index (κ1) is 15.1. The molecule has 5 heteroatoms. The van der Waals surface area contributed by atoms with Gasteiger partial charge < -0.3 is 9.88 Å². The van der Waals surface area contributed by atoms with Gasteiger partial charge in [0.2, 0.25) is 0 Å². The fourth-order valence-corrected chi connectivity index (χ4v) is 3.53. The van der Waals surface area contributed by atoms with Crippen LogP contribution in [0.5, 0.6) is 0 Å². The number of pyridine rings is 1. The molecular formula is C21H17FN4. The summed E-state index contributed by atoms with van der Waals surface area (Å²) in [6.07, 6.45) is 1.02. The summed E-state index contributed by atoms with van der Waals surface area (Å²) in [5.74, 6) is 1.31. The van der Waals surface area contributed by atoms with Gasteiger partial charge in [0.1, 0.15) is 17.3 Å². The van der Waals surface area contributed by atoms with Crippen molar-refractivity contribution >= 4 is 16.9 Å². The van der Waals surface area contributed by atoms with Crippen LogP contribution in [0.1, 0.15) is 11.1 Å². The van der Waals surface area contributed by atoms with E-state index in [2.05, 4.69) is 39.1 Å². The van der Waals surface area contributed by atoms with E-state index < -0.39 is 0 Å². The molecule has 0 saturated heterocycles. The van der Waals surface area contributed by atoms with E-state index in [1.54, 1.807) is 6.07 Å². The number of benzene rings is 2. The van der Waals surface area contributed by atoms with E-state index in [4.69, 9.17) is 4.98 Å². The molecule has 0 unspecified atom stereocenters. The number of nitrogens with zero attached hydrogens (tertiary/aromatic N) is 3. The van der Waals surface area contributed by atoms with E-state index in [0.29, 0.717) is 11.3 Å². The van der Waals surface area contributed by atoms with Crippen LogP contribution in [0.15, 0.2) is 60.7 Å². The number of hydrogen-bond donors (Lipinski definition) is 1. The van der Waals surface area contributed by atoms with Gasteiger partial charge in [0, 0.05) is 13.1 Å². The molecule has 0 bridgehead atoms. The molecule has 2 aromatic carbocycles. The minimum absolute atomic E-state index is 0.276. The molecule has 1 aliphatic rings. The lowest BCUT2D eigenvalue weighted by Gasteiger charge is -2.29. The Balaban J connectivity index is 1.49. The van der Waals surface area contributed by atoms with Gasteiger partial charge in [0.05, 0.1) is 11.0 Å². The second kappa shape index (κ2) is 5.95. The zero-order valence-corrected chi connectivity index (χ0v) is 14.1. The van der Waals surface area contributed by atoms with Gasteiger partial charge in [0.15, 0.2) is 5.82 Å². The Morgan fingerprint density at radius 1 is 0.923 bits per heavy atom. The highest BCUT2D eigenvalue weighted by Crippen LogP contribution is 2.26. The summed E-state index contributed by atoms with van der Waals surface area (Å²) in [4.78, 5) is 14.8. The monoisotopic (exact) mass is 344 g/mol. The van der Waals surface area contributed by atoms with Gasteiger partial charge >= 0.3 is 0 Å². The fraction of sp³-hybridized carbons (Fsp3) is 0.143. The zero-order valence-electron chi connectivity index (χ0n) is 14.1. The summed E-state index contributed by atoms with van der Waals surface area (Å²) in [6, 6.07) is 19.1. The lowest BCUT2D eigenvalue weighted by atomic mass is 10.00. The SMILES string of the molecule is Fc1ccc2nc(-c3cccc(N4CCc5ccccc5C4)n3)[nH]c2c1. The van der Waals surface area contributed by atoms with Crippen molar-refractivity contribution in [1.82, 2.24) is 15.0 Å². The van der Waals surface area contributed by atoms with Crippen LogP contribution in [0.2, 0.25) is 0 Å². The quantitative estimate of drug-likeness (QED) is 0.589. The van der Waals surface area contributed by atoms with Crippen molar-refractivity contribution in [3.63, 3.8) is 0 Å². The van der Waals surface area contributed by atoms with Gasteiger partial charge in [-0.3, -0.25) is 0 Å². The van der Waals surface area contributed by atoms with Crippen LogP contribution in [0.4, 0.5) is 10.2 Å². The maximum absolute atomic E-state index is 13.4. The Morgan fingerprint density at radius 3 is 2.73 bits per heavy atom. The predicted molar refractivity (Wildman–Crippen MR) is 100 cm³/mol. The Hall–Kier alpha value is -3.21. The molecule has 0 saturated carbocycles. The highest BCUT2D eigenvalue weighted by atomic mass is 19.1. The molecule has 3 heterocycles. The summed E-state index contributed by atoms with van der Waals surface area (Å²) < 4.78 is 13.4. The second-order valence-electron chi connectivity index (χ2n) is 6.57. The minimum Gasteiger partial charge on any atom is -0.352 e. The molecule has 4 aromatic rings. The van der Waals surface area contributed by atoms with Crippen molar-refractivity contribution in [2.45, 2.75) is 13.0 Å². The highest BCUT2D eigenvalue weighted by molar-refractivity contribution is 5.78. The smallest absolute Gasteiger partial charge is 0.157 e. The first-order valence-corrected chi connectivity index (χ1v) is 8.71. The average Bonchev–Trinajstić information content (AvgIpc) is 3.11. The Morgan fingerprint density at radius 2 is 1.81 bits per heavy atom. The minimum atomic E-state index is -0.276. The van der Waals surface area contributed by atoms with E-state index in [-0.39, 0.29) is 5.82 Å². The Kier molecular flexibility index (Phi) is 3.45. The van der Waals surface area contributed by atoms with Crippen molar-refractivity contribution in [1.29, 1.82) is 0 Å². The van der Waals surface area contributed by atoms with Crippen LogP contribution in [-0.4, -0.2) is 21.5 Å². The molecule has 2 aromatic heterocycles. The largest absolute Gasteiger partial charge is 0.352 e. The molecule has 26 heavy (non-hydrogen) atoms. The summed E-state index contributed by atoms with van der Waals surface area (Å²) in [5, 5.41) is 0. The van der Waals surface area contributed by atoms with E-state index in [1.165, 1.54) is 23.3 Å². The first-order chi connectivity index (χ1) is 12.8. The molecule has 0 aliphatic carbocycles.